The van der Waals surface area contributed by atoms with Crippen LogP contribution in [0.2, 0.25) is 0 Å². The number of ether oxygens (including phenoxy) is 1. The number of halogens is 1. The highest BCUT2D eigenvalue weighted by molar-refractivity contribution is 14.0. The second-order valence-electron chi connectivity index (χ2n) is 5.09. The Kier molecular flexibility index (Phi) is 9.98. The molecule has 0 saturated heterocycles. The SMILES string of the molecule is CCOc1cccc(CCNC(=NC)NCCc2ccco2)c1.I. The summed E-state index contributed by atoms with van der Waals surface area (Å²) in [6.07, 6.45) is 3.45. The minimum atomic E-state index is 0. The van der Waals surface area contributed by atoms with E-state index in [2.05, 4.69) is 27.8 Å². The van der Waals surface area contributed by atoms with Gasteiger partial charge in [-0.05, 0) is 43.2 Å². The molecule has 132 valence electrons. The Morgan fingerprint density at radius 2 is 1.92 bits per heavy atom. The van der Waals surface area contributed by atoms with Crippen LogP contribution in [0.25, 0.3) is 0 Å². The lowest BCUT2D eigenvalue weighted by atomic mass is 10.1. The maximum atomic E-state index is 5.52. The maximum Gasteiger partial charge on any atom is 0.191 e. The van der Waals surface area contributed by atoms with Crippen LogP contribution in [0, 0.1) is 0 Å². The number of aliphatic imine (C=N–C) groups is 1. The molecular formula is C18H26IN3O2. The first-order valence-corrected chi connectivity index (χ1v) is 8.00. The molecule has 0 spiro atoms. The van der Waals surface area contributed by atoms with Crippen LogP contribution in [0.1, 0.15) is 18.2 Å². The number of nitrogens with one attached hydrogen (secondary N) is 2. The highest BCUT2D eigenvalue weighted by Gasteiger charge is 2.01. The van der Waals surface area contributed by atoms with Gasteiger partial charge >= 0.3 is 0 Å². The first-order valence-electron chi connectivity index (χ1n) is 8.00. The number of guanidine groups is 1. The molecule has 2 rings (SSSR count). The van der Waals surface area contributed by atoms with Gasteiger partial charge in [0.25, 0.3) is 0 Å². The van der Waals surface area contributed by atoms with Gasteiger partial charge in [-0.3, -0.25) is 4.99 Å². The molecule has 0 aliphatic rings. The highest BCUT2D eigenvalue weighted by atomic mass is 127. The Morgan fingerprint density at radius 3 is 2.58 bits per heavy atom. The van der Waals surface area contributed by atoms with Crippen molar-refractivity contribution in [3.8, 4) is 5.75 Å². The van der Waals surface area contributed by atoms with Gasteiger partial charge in [-0.25, -0.2) is 0 Å². The van der Waals surface area contributed by atoms with Gasteiger partial charge in [-0.1, -0.05) is 12.1 Å². The van der Waals surface area contributed by atoms with Crippen molar-refractivity contribution in [2.45, 2.75) is 19.8 Å². The average molecular weight is 443 g/mol. The van der Waals surface area contributed by atoms with Crippen LogP contribution in [0.3, 0.4) is 0 Å². The molecular weight excluding hydrogens is 417 g/mol. The third-order valence-corrected chi connectivity index (χ3v) is 3.38. The summed E-state index contributed by atoms with van der Waals surface area (Å²) < 4.78 is 10.8. The molecule has 0 bridgehead atoms. The van der Waals surface area contributed by atoms with Crippen LogP contribution in [0.5, 0.6) is 5.75 Å². The van der Waals surface area contributed by atoms with Crippen molar-refractivity contribution in [1.29, 1.82) is 0 Å². The summed E-state index contributed by atoms with van der Waals surface area (Å²) >= 11 is 0. The van der Waals surface area contributed by atoms with Crippen LogP contribution in [0.15, 0.2) is 52.1 Å². The lowest BCUT2D eigenvalue weighted by molar-refractivity contribution is 0.340. The lowest BCUT2D eigenvalue weighted by Crippen LogP contribution is -2.39. The number of hydrogen-bond acceptors (Lipinski definition) is 3. The first-order chi connectivity index (χ1) is 11.3. The van der Waals surface area contributed by atoms with E-state index in [1.54, 1.807) is 13.3 Å². The summed E-state index contributed by atoms with van der Waals surface area (Å²) in [4.78, 5) is 4.22. The number of nitrogens with zero attached hydrogens (tertiary/aromatic N) is 1. The van der Waals surface area contributed by atoms with Gasteiger partial charge < -0.3 is 19.8 Å². The van der Waals surface area contributed by atoms with Gasteiger partial charge in [-0.15, -0.1) is 24.0 Å². The number of rotatable bonds is 8. The largest absolute Gasteiger partial charge is 0.494 e. The summed E-state index contributed by atoms with van der Waals surface area (Å²) in [6, 6.07) is 12.1. The van der Waals surface area contributed by atoms with Gasteiger partial charge in [0.05, 0.1) is 12.9 Å². The van der Waals surface area contributed by atoms with Crippen molar-refractivity contribution in [2.24, 2.45) is 4.99 Å². The van der Waals surface area contributed by atoms with E-state index in [9.17, 15) is 0 Å². The highest BCUT2D eigenvalue weighted by Crippen LogP contribution is 2.13. The normalized spacial score (nSPS) is 10.8. The fourth-order valence-electron chi connectivity index (χ4n) is 2.26. The zero-order valence-electron chi connectivity index (χ0n) is 14.2. The fourth-order valence-corrected chi connectivity index (χ4v) is 2.26. The van der Waals surface area contributed by atoms with E-state index in [4.69, 9.17) is 9.15 Å². The molecule has 1 aromatic heterocycles. The van der Waals surface area contributed by atoms with Crippen LogP contribution >= 0.6 is 24.0 Å². The van der Waals surface area contributed by atoms with Gasteiger partial charge in [-0.2, -0.15) is 0 Å². The summed E-state index contributed by atoms with van der Waals surface area (Å²) in [5.41, 5.74) is 1.24. The first kappa shape index (κ1) is 20.3. The molecule has 6 heteroatoms. The van der Waals surface area contributed by atoms with Crippen LogP contribution in [-0.4, -0.2) is 32.7 Å². The second-order valence-corrected chi connectivity index (χ2v) is 5.09. The Balaban J connectivity index is 0.00000288. The third-order valence-electron chi connectivity index (χ3n) is 3.38. The smallest absolute Gasteiger partial charge is 0.191 e. The Bertz CT molecular complexity index is 600. The summed E-state index contributed by atoms with van der Waals surface area (Å²) in [7, 11) is 1.78. The zero-order chi connectivity index (χ0) is 16.3. The number of hydrogen-bond donors (Lipinski definition) is 2. The fraction of sp³-hybridized carbons (Fsp3) is 0.389. The van der Waals surface area contributed by atoms with Crippen molar-refractivity contribution < 1.29 is 9.15 Å². The molecule has 0 fully saturated rings. The zero-order valence-corrected chi connectivity index (χ0v) is 16.6. The van der Waals surface area contributed by atoms with Crippen molar-refractivity contribution >= 4 is 29.9 Å². The molecule has 1 aromatic carbocycles. The van der Waals surface area contributed by atoms with Crippen molar-refractivity contribution in [1.82, 2.24) is 10.6 Å². The molecule has 1 heterocycles. The maximum absolute atomic E-state index is 5.52. The van der Waals surface area contributed by atoms with Crippen molar-refractivity contribution in [3.05, 3.63) is 54.0 Å². The molecule has 0 unspecified atom stereocenters. The molecule has 0 aliphatic heterocycles. The molecule has 0 amide bonds. The molecule has 24 heavy (non-hydrogen) atoms. The summed E-state index contributed by atoms with van der Waals surface area (Å²) in [6.45, 7) is 4.28. The number of benzene rings is 1. The average Bonchev–Trinajstić information content (AvgIpc) is 3.07. The van der Waals surface area contributed by atoms with E-state index in [1.807, 2.05) is 31.2 Å². The predicted octanol–water partition coefficient (Wildman–Crippen LogP) is 3.25. The molecule has 0 aliphatic carbocycles. The minimum absolute atomic E-state index is 0. The Labute approximate surface area is 160 Å². The second kappa shape index (κ2) is 11.8. The van der Waals surface area contributed by atoms with Crippen molar-refractivity contribution in [3.63, 3.8) is 0 Å². The van der Waals surface area contributed by atoms with E-state index in [-0.39, 0.29) is 24.0 Å². The quantitative estimate of drug-likeness (QED) is 0.374. The van der Waals surface area contributed by atoms with Crippen molar-refractivity contribution in [2.75, 3.05) is 26.7 Å². The molecule has 5 nitrogen and oxygen atoms in total. The van der Waals surface area contributed by atoms with E-state index in [0.29, 0.717) is 6.61 Å². The third kappa shape index (κ3) is 7.25. The van der Waals surface area contributed by atoms with E-state index >= 15 is 0 Å². The Hall–Kier alpha value is -1.70. The standard InChI is InChI=1S/C18H25N3O2.HI/c1-3-22-17-7-4-6-15(14-17)9-11-20-18(19-2)21-12-10-16-8-5-13-23-16;/h4-8,13-14H,3,9-12H2,1-2H3,(H2,19,20,21);1H. The van der Waals surface area contributed by atoms with Crippen LogP contribution in [0.4, 0.5) is 0 Å². The number of furan rings is 1. The lowest BCUT2D eigenvalue weighted by Gasteiger charge is -2.12. The Morgan fingerprint density at radius 1 is 1.12 bits per heavy atom. The van der Waals surface area contributed by atoms with E-state index in [0.717, 1.165) is 43.4 Å². The van der Waals surface area contributed by atoms with Gasteiger partial charge in [0.15, 0.2) is 5.96 Å². The molecule has 0 saturated carbocycles. The summed E-state index contributed by atoms with van der Waals surface area (Å²) in [5.74, 6) is 2.70. The van der Waals surface area contributed by atoms with Crippen LogP contribution in [-0.2, 0) is 12.8 Å². The topological polar surface area (TPSA) is 58.8 Å². The predicted molar refractivity (Wildman–Crippen MR) is 109 cm³/mol. The van der Waals surface area contributed by atoms with Crippen LogP contribution < -0.4 is 15.4 Å². The van der Waals surface area contributed by atoms with E-state index in [1.165, 1.54) is 5.56 Å². The van der Waals surface area contributed by atoms with Gasteiger partial charge in [0, 0.05) is 26.6 Å². The van der Waals surface area contributed by atoms with Gasteiger partial charge in [0.2, 0.25) is 0 Å². The minimum Gasteiger partial charge on any atom is -0.494 e. The molecule has 2 N–H and O–H groups in total. The van der Waals surface area contributed by atoms with Gasteiger partial charge in [0.1, 0.15) is 11.5 Å². The summed E-state index contributed by atoms with van der Waals surface area (Å²) in [5, 5.41) is 6.60. The molecule has 0 atom stereocenters. The monoisotopic (exact) mass is 443 g/mol. The molecule has 2 aromatic rings. The molecule has 0 radical (unpaired) electrons. The van der Waals surface area contributed by atoms with E-state index < -0.39 is 0 Å².